The molecule has 2 aromatic rings. The Kier molecular flexibility index (Phi) is 6.35. The van der Waals surface area contributed by atoms with Gasteiger partial charge in [-0.3, -0.25) is 9.59 Å². The molecule has 0 aliphatic rings. The molecule has 1 atom stereocenters. The zero-order chi connectivity index (χ0) is 19.3. The van der Waals surface area contributed by atoms with Crippen LogP contribution < -0.4 is 15.8 Å². The molecule has 0 aliphatic carbocycles. The Balaban J connectivity index is 1.86. The molecule has 3 N–H and O–H groups in total. The summed E-state index contributed by atoms with van der Waals surface area (Å²) >= 11 is 1.15. The van der Waals surface area contributed by atoms with E-state index in [1.165, 1.54) is 13.0 Å². The van der Waals surface area contributed by atoms with Gasteiger partial charge in [-0.2, -0.15) is 0 Å². The van der Waals surface area contributed by atoms with Crippen LogP contribution >= 0.6 is 11.3 Å². The summed E-state index contributed by atoms with van der Waals surface area (Å²) in [6.45, 7) is 4.97. The standard InChI is InChI=1S/C18H20N2O5S/c1-10-6-11(2)8-13(7-10)24-9-15(21)25-12(3)17(23)20-18-14(16(19)22)4-5-26-18/h4-8,12H,9H2,1-3H3,(H2,19,22)(H,20,23). The van der Waals surface area contributed by atoms with Crippen LogP contribution in [0.2, 0.25) is 0 Å². The molecular formula is C18H20N2O5S. The highest BCUT2D eigenvalue weighted by atomic mass is 32.1. The summed E-state index contributed by atoms with van der Waals surface area (Å²) < 4.78 is 10.5. The number of hydrogen-bond donors (Lipinski definition) is 2. The van der Waals surface area contributed by atoms with Crippen molar-refractivity contribution in [2.75, 3.05) is 11.9 Å². The predicted octanol–water partition coefficient (Wildman–Crippen LogP) is 2.41. The van der Waals surface area contributed by atoms with Crippen molar-refractivity contribution in [3.05, 3.63) is 46.3 Å². The van der Waals surface area contributed by atoms with Crippen LogP contribution in [-0.4, -0.2) is 30.5 Å². The number of carbonyl (C=O) groups is 3. The Hall–Kier alpha value is -2.87. The summed E-state index contributed by atoms with van der Waals surface area (Å²) in [6, 6.07) is 7.11. The summed E-state index contributed by atoms with van der Waals surface area (Å²) in [6.07, 6.45) is -1.05. The van der Waals surface area contributed by atoms with Crippen molar-refractivity contribution in [2.24, 2.45) is 5.73 Å². The highest BCUT2D eigenvalue weighted by molar-refractivity contribution is 7.14. The highest BCUT2D eigenvalue weighted by Gasteiger charge is 2.21. The molecule has 2 amide bonds. The Morgan fingerprint density at radius 2 is 1.85 bits per heavy atom. The molecule has 26 heavy (non-hydrogen) atoms. The maximum absolute atomic E-state index is 12.1. The van der Waals surface area contributed by atoms with Gasteiger partial charge in [0.15, 0.2) is 12.7 Å². The van der Waals surface area contributed by atoms with E-state index in [9.17, 15) is 14.4 Å². The lowest BCUT2D eigenvalue weighted by Gasteiger charge is -2.14. The Morgan fingerprint density at radius 3 is 2.46 bits per heavy atom. The average Bonchev–Trinajstić information content (AvgIpc) is 3.00. The first-order chi connectivity index (χ1) is 12.3. The second-order valence-corrected chi connectivity index (χ2v) is 6.68. The van der Waals surface area contributed by atoms with Gasteiger partial charge in [-0.15, -0.1) is 11.3 Å². The average molecular weight is 376 g/mol. The summed E-state index contributed by atoms with van der Waals surface area (Å²) in [7, 11) is 0. The number of esters is 1. The van der Waals surface area contributed by atoms with Gasteiger partial charge < -0.3 is 20.5 Å². The Bertz CT molecular complexity index is 810. The SMILES string of the molecule is Cc1cc(C)cc(OCC(=O)OC(C)C(=O)Nc2sccc2C(N)=O)c1. The number of thiophene rings is 1. The van der Waals surface area contributed by atoms with E-state index in [-0.39, 0.29) is 12.2 Å². The van der Waals surface area contributed by atoms with Crippen molar-refractivity contribution in [3.63, 3.8) is 0 Å². The van der Waals surface area contributed by atoms with Crippen molar-refractivity contribution in [1.82, 2.24) is 0 Å². The van der Waals surface area contributed by atoms with Gasteiger partial charge in [0.2, 0.25) is 0 Å². The van der Waals surface area contributed by atoms with Crippen LogP contribution in [0.3, 0.4) is 0 Å². The quantitative estimate of drug-likeness (QED) is 0.722. The largest absolute Gasteiger partial charge is 0.482 e. The number of carbonyl (C=O) groups excluding carboxylic acids is 3. The first kappa shape index (κ1) is 19.5. The lowest BCUT2D eigenvalue weighted by atomic mass is 10.1. The van der Waals surface area contributed by atoms with Crippen LogP contribution in [0.1, 0.15) is 28.4 Å². The van der Waals surface area contributed by atoms with E-state index in [0.717, 1.165) is 22.5 Å². The number of rotatable bonds is 7. The minimum absolute atomic E-state index is 0.208. The Labute approximate surface area is 155 Å². The molecule has 0 aliphatic heterocycles. The topological polar surface area (TPSA) is 108 Å². The second-order valence-electron chi connectivity index (χ2n) is 5.76. The van der Waals surface area contributed by atoms with Crippen molar-refractivity contribution in [3.8, 4) is 5.75 Å². The zero-order valence-electron chi connectivity index (χ0n) is 14.7. The molecule has 1 aromatic heterocycles. The fraction of sp³-hybridized carbons (Fsp3) is 0.278. The lowest BCUT2D eigenvalue weighted by molar-refractivity contribution is -0.155. The molecule has 0 radical (unpaired) electrons. The highest BCUT2D eigenvalue weighted by Crippen LogP contribution is 2.23. The zero-order valence-corrected chi connectivity index (χ0v) is 15.5. The normalized spacial score (nSPS) is 11.5. The van der Waals surface area contributed by atoms with Crippen LogP contribution in [0.15, 0.2) is 29.6 Å². The number of hydrogen-bond acceptors (Lipinski definition) is 6. The maximum atomic E-state index is 12.1. The van der Waals surface area contributed by atoms with Gasteiger partial charge in [-0.1, -0.05) is 6.07 Å². The van der Waals surface area contributed by atoms with Crippen LogP contribution in [-0.2, 0) is 14.3 Å². The van der Waals surface area contributed by atoms with Crippen molar-refractivity contribution < 1.29 is 23.9 Å². The van der Waals surface area contributed by atoms with Crippen molar-refractivity contribution >= 4 is 34.1 Å². The van der Waals surface area contributed by atoms with Crippen molar-refractivity contribution in [1.29, 1.82) is 0 Å². The van der Waals surface area contributed by atoms with Gasteiger partial charge in [0.25, 0.3) is 11.8 Å². The second kappa shape index (κ2) is 8.48. The number of nitrogens with two attached hydrogens (primary N) is 1. The molecule has 0 bridgehead atoms. The smallest absolute Gasteiger partial charge is 0.344 e. The first-order valence-electron chi connectivity index (χ1n) is 7.85. The van der Waals surface area contributed by atoms with E-state index in [0.29, 0.717) is 10.8 Å². The van der Waals surface area contributed by atoms with Gasteiger partial charge in [-0.05, 0) is 55.5 Å². The molecule has 7 nitrogen and oxygen atoms in total. The molecule has 2 rings (SSSR count). The van der Waals surface area contributed by atoms with Crippen LogP contribution in [0.25, 0.3) is 0 Å². The number of primary amides is 1. The fourth-order valence-corrected chi connectivity index (χ4v) is 3.05. The van der Waals surface area contributed by atoms with Crippen LogP contribution in [0.4, 0.5) is 5.00 Å². The van der Waals surface area contributed by atoms with E-state index in [2.05, 4.69) is 5.32 Å². The molecule has 0 saturated heterocycles. The minimum atomic E-state index is -1.05. The number of benzene rings is 1. The molecule has 1 aromatic carbocycles. The minimum Gasteiger partial charge on any atom is -0.482 e. The predicted molar refractivity (Wildman–Crippen MR) is 98.4 cm³/mol. The third kappa shape index (κ3) is 5.32. The molecule has 1 unspecified atom stereocenters. The number of amides is 2. The molecule has 1 heterocycles. The summed E-state index contributed by atoms with van der Waals surface area (Å²) in [5.41, 5.74) is 7.46. The maximum Gasteiger partial charge on any atom is 0.344 e. The number of ether oxygens (including phenoxy) is 2. The van der Waals surface area contributed by atoms with Gasteiger partial charge >= 0.3 is 5.97 Å². The van der Waals surface area contributed by atoms with Gasteiger partial charge in [-0.25, -0.2) is 4.79 Å². The fourth-order valence-electron chi connectivity index (χ4n) is 2.26. The van der Waals surface area contributed by atoms with Gasteiger partial charge in [0.05, 0.1) is 5.56 Å². The van der Waals surface area contributed by atoms with E-state index in [4.69, 9.17) is 15.2 Å². The van der Waals surface area contributed by atoms with E-state index in [1.807, 2.05) is 19.9 Å². The summed E-state index contributed by atoms with van der Waals surface area (Å²) in [4.78, 5) is 35.2. The van der Waals surface area contributed by atoms with E-state index >= 15 is 0 Å². The molecular weight excluding hydrogens is 356 g/mol. The Morgan fingerprint density at radius 1 is 1.19 bits per heavy atom. The molecule has 0 fully saturated rings. The van der Waals surface area contributed by atoms with Gasteiger partial charge in [0, 0.05) is 0 Å². The molecule has 8 heteroatoms. The summed E-state index contributed by atoms with van der Waals surface area (Å²) in [5.74, 6) is -1.32. The third-order valence-electron chi connectivity index (χ3n) is 3.40. The van der Waals surface area contributed by atoms with Crippen LogP contribution in [0.5, 0.6) is 5.75 Å². The lowest BCUT2D eigenvalue weighted by Crippen LogP contribution is -2.32. The molecule has 0 spiro atoms. The van der Waals surface area contributed by atoms with E-state index in [1.54, 1.807) is 17.5 Å². The first-order valence-corrected chi connectivity index (χ1v) is 8.73. The van der Waals surface area contributed by atoms with Gasteiger partial charge in [0.1, 0.15) is 10.8 Å². The number of anilines is 1. The molecule has 0 saturated carbocycles. The third-order valence-corrected chi connectivity index (χ3v) is 4.23. The number of nitrogens with one attached hydrogen (secondary N) is 1. The van der Waals surface area contributed by atoms with Crippen LogP contribution in [0, 0.1) is 13.8 Å². The van der Waals surface area contributed by atoms with E-state index < -0.39 is 23.9 Å². The molecule has 138 valence electrons. The monoisotopic (exact) mass is 376 g/mol. The number of aryl methyl sites for hydroxylation is 2. The van der Waals surface area contributed by atoms with Crippen molar-refractivity contribution in [2.45, 2.75) is 26.9 Å². The summed E-state index contributed by atoms with van der Waals surface area (Å²) in [5, 5.41) is 4.47.